The second-order valence-electron chi connectivity index (χ2n) is 5.37. The highest BCUT2D eigenvalue weighted by atomic mass is 31.0. The van der Waals surface area contributed by atoms with Crippen LogP contribution < -0.4 is 0 Å². The zero-order valence-electron chi connectivity index (χ0n) is 11.0. The molecule has 0 amide bonds. The molecule has 0 spiro atoms. The fourth-order valence-corrected chi connectivity index (χ4v) is 2.38. The van der Waals surface area contributed by atoms with Gasteiger partial charge in [0.15, 0.2) is 0 Å². The third-order valence-corrected chi connectivity index (χ3v) is 4.43. The number of nitroso groups, excluding NO2 is 1. The van der Waals surface area contributed by atoms with Crippen LogP contribution in [0.2, 0.25) is 0 Å². The van der Waals surface area contributed by atoms with Crippen molar-refractivity contribution in [3.63, 3.8) is 0 Å². The minimum atomic E-state index is -0.784. The first-order valence-corrected chi connectivity index (χ1v) is 7.18. The fourth-order valence-electron chi connectivity index (χ4n) is 2.24. The van der Waals surface area contributed by atoms with Crippen molar-refractivity contribution in [1.29, 1.82) is 0 Å². The van der Waals surface area contributed by atoms with Crippen LogP contribution in [0, 0.1) is 10.8 Å². The van der Waals surface area contributed by atoms with Crippen LogP contribution in [0.3, 0.4) is 0 Å². The lowest BCUT2D eigenvalue weighted by atomic mass is 10.0. The predicted octanol–water partition coefficient (Wildman–Crippen LogP) is 2.70. The molecule has 1 N–H and O–H groups in total. The van der Waals surface area contributed by atoms with Crippen molar-refractivity contribution in [3.8, 4) is 0 Å². The Bertz CT molecular complexity index is 428. The maximum atomic E-state index is 10.5. The highest BCUT2D eigenvalue weighted by Gasteiger charge is 2.54. The van der Waals surface area contributed by atoms with Gasteiger partial charge in [-0.15, -0.1) is 9.24 Å². The van der Waals surface area contributed by atoms with Crippen molar-refractivity contribution in [2.45, 2.75) is 43.9 Å². The van der Waals surface area contributed by atoms with Gasteiger partial charge < -0.3 is 9.84 Å². The molecule has 104 valence electrons. The zero-order valence-corrected chi connectivity index (χ0v) is 12.2. The Morgan fingerprint density at radius 2 is 2.21 bits per heavy atom. The molecule has 5 heteroatoms. The Kier molecular flexibility index (Phi) is 4.67. The third kappa shape index (κ3) is 3.82. The largest absolute Gasteiger partial charge is 0.387 e. The van der Waals surface area contributed by atoms with Crippen LogP contribution in [-0.2, 0) is 11.3 Å². The molecule has 1 aliphatic rings. The second-order valence-corrected chi connectivity index (χ2v) is 6.05. The average molecular weight is 281 g/mol. The Hall–Kier alpha value is -0.830. The highest BCUT2D eigenvalue weighted by molar-refractivity contribution is 7.17. The molecular formula is C14H20NO3P. The first-order valence-electron chi connectivity index (χ1n) is 6.51. The van der Waals surface area contributed by atoms with Crippen LogP contribution >= 0.6 is 9.24 Å². The van der Waals surface area contributed by atoms with E-state index in [1.54, 1.807) is 0 Å². The smallest absolute Gasteiger partial charge is 0.108 e. The lowest BCUT2D eigenvalue weighted by Crippen LogP contribution is -2.23. The van der Waals surface area contributed by atoms with Crippen molar-refractivity contribution in [1.82, 2.24) is 0 Å². The van der Waals surface area contributed by atoms with E-state index in [0.29, 0.717) is 19.4 Å². The Labute approximate surface area is 115 Å². The summed E-state index contributed by atoms with van der Waals surface area (Å²) in [7, 11) is 2.41. The summed E-state index contributed by atoms with van der Waals surface area (Å²) in [6, 6.07) is 9.89. The molecule has 1 aliphatic carbocycles. The molecule has 1 fully saturated rings. The summed E-state index contributed by atoms with van der Waals surface area (Å²) in [5.74, 6) is -0.308. The van der Waals surface area contributed by atoms with Crippen LogP contribution in [0.4, 0.5) is 0 Å². The molecule has 4 nitrogen and oxygen atoms in total. The zero-order chi connectivity index (χ0) is 13.9. The Morgan fingerprint density at radius 1 is 1.53 bits per heavy atom. The molecule has 0 saturated heterocycles. The molecule has 1 aromatic rings. The molecule has 5 atom stereocenters. The monoisotopic (exact) mass is 281 g/mol. The summed E-state index contributed by atoms with van der Waals surface area (Å²) < 4.78 is 5.70. The van der Waals surface area contributed by atoms with Gasteiger partial charge in [0, 0.05) is 6.42 Å². The standard InChI is InChI=1S/C14H20NO3P/c1-10(13(19)15-17)7-14(16)8-12(14)18-9-11-5-3-2-4-6-11/h2-6,10,12-13,16H,7-9,19H2,1H3/t10-,12?,13-,14+/m0/s1. The second kappa shape index (κ2) is 6.08. The minimum absolute atomic E-state index is 0.0397. The highest BCUT2D eigenvalue weighted by Crippen LogP contribution is 2.45. The molecule has 0 bridgehead atoms. The number of ether oxygens (including phenoxy) is 1. The SMILES string of the molecule is C[C@@H](C[C@@]1(O)CC1OCc1ccccc1)[C@H](P)N=O. The number of benzene rings is 1. The van der Waals surface area contributed by atoms with Gasteiger partial charge in [0.05, 0.1) is 18.3 Å². The predicted molar refractivity (Wildman–Crippen MR) is 77.7 cm³/mol. The van der Waals surface area contributed by atoms with Crippen LogP contribution in [0.25, 0.3) is 0 Å². The van der Waals surface area contributed by atoms with Gasteiger partial charge in [-0.25, -0.2) is 0 Å². The lowest BCUT2D eigenvalue weighted by Gasteiger charge is -2.18. The van der Waals surface area contributed by atoms with Crippen molar-refractivity contribution in [2.24, 2.45) is 11.1 Å². The number of hydrogen-bond donors (Lipinski definition) is 1. The lowest BCUT2D eigenvalue weighted by molar-refractivity contribution is 0.0145. The molecule has 2 rings (SSSR count). The van der Waals surface area contributed by atoms with Crippen molar-refractivity contribution in [2.75, 3.05) is 0 Å². The van der Waals surface area contributed by atoms with E-state index < -0.39 is 5.60 Å². The normalized spacial score (nSPS) is 28.7. The molecule has 19 heavy (non-hydrogen) atoms. The number of aliphatic hydroxyl groups is 1. The topological polar surface area (TPSA) is 58.9 Å². The van der Waals surface area contributed by atoms with E-state index in [1.165, 1.54) is 0 Å². The number of rotatable bonds is 7. The molecule has 0 aliphatic heterocycles. The van der Waals surface area contributed by atoms with E-state index in [4.69, 9.17) is 4.74 Å². The van der Waals surface area contributed by atoms with Gasteiger partial charge in [-0.2, -0.15) is 4.91 Å². The van der Waals surface area contributed by atoms with E-state index in [0.717, 1.165) is 5.56 Å². The van der Waals surface area contributed by atoms with Crippen LogP contribution in [0.1, 0.15) is 25.3 Å². The van der Waals surface area contributed by atoms with E-state index in [9.17, 15) is 10.0 Å². The summed E-state index contributed by atoms with van der Waals surface area (Å²) in [5, 5.41) is 13.3. The quantitative estimate of drug-likeness (QED) is 0.617. The average Bonchev–Trinajstić information content (AvgIpc) is 3.06. The first-order chi connectivity index (χ1) is 9.05. The van der Waals surface area contributed by atoms with Gasteiger partial charge in [0.2, 0.25) is 0 Å². The molecule has 2 unspecified atom stereocenters. The van der Waals surface area contributed by atoms with Gasteiger partial charge in [0.25, 0.3) is 0 Å². The van der Waals surface area contributed by atoms with Gasteiger partial charge in [0.1, 0.15) is 5.78 Å². The molecule has 1 aromatic carbocycles. The van der Waals surface area contributed by atoms with Crippen molar-refractivity contribution in [3.05, 3.63) is 40.8 Å². The van der Waals surface area contributed by atoms with Crippen LogP contribution in [-0.4, -0.2) is 22.6 Å². The summed E-state index contributed by atoms with van der Waals surface area (Å²) in [5.41, 5.74) is 0.316. The number of hydrogen-bond acceptors (Lipinski definition) is 4. The van der Waals surface area contributed by atoms with Gasteiger partial charge >= 0.3 is 0 Å². The summed E-state index contributed by atoms with van der Waals surface area (Å²) in [4.78, 5) is 10.5. The maximum Gasteiger partial charge on any atom is 0.108 e. The number of nitrogens with zero attached hydrogens (tertiary/aromatic N) is 1. The van der Waals surface area contributed by atoms with E-state index in [-0.39, 0.29) is 17.8 Å². The fraction of sp³-hybridized carbons (Fsp3) is 0.571. The Morgan fingerprint density at radius 3 is 2.84 bits per heavy atom. The van der Waals surface area contributed by atoms with Gasteiger partial charge in [-0.05, 0) is 17.9 Å². The summed E-state index contributed by atoms with van der Waals surface area (Å²) in [6.45, 7) is 2.43. The molecule has 1 saturated carbocycles. The van der Waals surface area contributed by atoms with E-state index in [1.807, 2.05) is 37.3 Å². The molecular weight excluding hydrogens is 261 g/mol. The Balaban J connectivity index is 1.78. The van der Waals surface area contributed by atoms with Gasteiger partial charge in [-0.3, -0.25) is 0 Å². The maximum absolute atomic E-state index is 10.5. The van der Waals surface area contributed by atoms with Crippen LogP contribution in [0.15, 0.2) is 35.5 Å². The van der Waals surface area contributed by atoms with Crippen molar-refractivity contribution < 1.29 is 9.84 Å². The molecule has 0 heterocycles. The third-order valence-electron chi connectivity index (χ3n) is 3.65. The van der Waals surface area contributed by atoms with Gasteiger partial charge in [-0.1, -0.05) is 42.4 Å². The first kappa shape index (κ1) is 14.6. The van der Waals surface area contributed by atoms with Crippen LogP contribution in [0.5, 0.6) is 0 Å². The minimum Gasteiger partial charge on any atom is -0.387 e. The molecule has 0 radical (unpaired) electrons. The van der Waals surface area contributed by atoms with Crippen molar-refractivity contribution >= 4 is 9.24 Å². The summed E-state index contributed by atoms with van der Waals surface area (Å²) in [6.07, 6.45) is 1.06. The molecule has 0 aromatic heterocycles. The van der Waals surface area contributed by atoms with E-state index in [2.05, 4.69) is 14.4 Å². The van der Waals surface area contributed by atoms with E-state index >= 15 is 0 Å². The summed E-state index contributed by atoms with van der Waals surface area (Å²) >= 11 is 0.